The van der Waals surface area contributed by atoms with Crippen molar-refractivity contribution in [1.29, 1.82) is 0 Å². The molecule has 0 bridgehead atoms. The minimum absolute atomic E-state index is 0.00805. The minimum Gasteiger partial charge on any atom is -0.494 e. The number of hydrogen-bond acceptors (Lipinski definition) is 3. The lowest BCUT2D eigenvalue weighted by Gasteiger charge is -2.14. The maximum absolute atomic E-state index is 14.1. The molecule has 148 valence electrons. The lowest BCUT2D eigenvalue weighted by atomic mass is 9.99. The van der Waals surface area contributed by atoms with Crippen LogP contribution < -0.4 is 4.74 Å². The molecule has 0 radical (unpaired) electrons. The van der Waals surface area contributed by atoms with Gasteiger partial charge in [-0.3, -0.25) is 0 Å². The van der Waals surface area contributed by atoms with Crippen LogP contribution in [0.15, 0.2) is 71.7 Å². The highest BCUT2D eigenvalue weighted by atomic mass is 19.1. The highest BCUT2D eigenvalue weighted by molar-refractivity contribution is 5.96. The average molecular weight is 393 g/mol. The lowest BCUT2D eigenvalue weighted by molar-refractivity contribution is 0.213. The van der Waals surface area contributed by atoms with E-state index < -0.39 is 11.6 Å². The van der Waals surface area contributed by atoms with Crippen molar-refractivity contribution in [2.24, 2.45) is 4.99 Å². The number of aliphatic imine (C=N–C) groups is 1. The van der Waals surface area contributed by atoms with Crippen molar-refractivity contribution >= 4 is 5.90 Å². The second-order valence-electron chi connectivity index (χ2n) is 6.88. The van der Waals surface area contributed by atoms with Gasteiger partial charge in [-0.05, 0) is 54.8 Å². The van der Waals surface area contributed by atoms with Crippen molar-refractivity contribution in [2.45, 2.75) is 26.0 Å². The normalized spacial score (nSPS) is 18.3. The summed E-state index contributed by atoms with van der Waals surface area (Å²) in [6.45, 7) is 4.43. The molecule has 1 heterocycles. The fourth-order valence-electron chi connectivity index (χ4n) is 3.46. The van der Waals surface area contributed by atoms with E-state index in [4.69, 9.17) is 9.47 Å². The quantitative estimate of drug-likeness (QED) is 0.537. The van der Waals surface area contributed by atoms with Gasteiger partial charge in [0.1, 0.15) is 35.1 Å². The van der Waals surface area contributed by atoms with Crippen LogP contribution >= 0.6 is 0 Å². The molecule has 29 heavy (non-hydrogen) atoms. The summed E-state index contributed by atoms with van der Waals surface area (Å²) in [6, 6.07) is 19.3. The van der Waals surface area contributed by atoms with Crippen LogP contribution in [0.25, 0.3) is 11.1 Å². The van der Waals surface area contributed by atoms with Gasteiger partial charge in [-0.2, -0.15) is 0 Å². The van der Waals surface area contributed by atoms with Crippen LogP contribution in [0.5, 0.6) is 5.75 Å². The average Bonchev–Trinajstić information content (AvgIpc) is 3.10. The molecule has 1 aliphatic heterocycles. The first kappa shape index (κ1) is 19.1. The molecule has 0 N–H and O–H groups in total. The zero-order valence-electron chi connectivity index (χ0n) is 16.2. The summed E-state index contributed by atoms with van der Waals surface area (Å²) in [6.07, 6.45) is -0.319. The van der Waals surface area contributed by atoms with Crippen LogP contribution in [0, 0.1) is 11.6 Å². The SMILES string of the molecule is CCOc1ccc(-c2ccc([C@H]3N=C(c4c(F)cccc4F)O[C@H]3C)cc2)cc1. The van der Waals surface area contributed by atoms with Gasteiger partial charge in [0.2, 0.25) is 5.90 Å². The van der Waals surface area contributed by atoms with Crippen LogP contribution in [-0.2, 0) is 4.74 Å². The minimum atomic E-state index is -0.678. The van der Waals surface area contributed by atoms with Gasteiger partial charge in [0.15, 0.2) is 0 Å². The molecule has 4 rings (SSSR count). The summed E-state index contributed by atoms with van der Waals surface area (Å²) in [5, 5.41) is 0. The van der Waals surface area contributed by atoms with Crippen molar-refractivity contribution in [2.75, 3.05) is 6.61 Å². The molecule has 0 saturated heterocycles. The van der Waals surface area contributed by atoms with Crippen LogP contribution in [0.4, 0.5) is 8.78 Å². The molecule has 0 spiro atoms. The number of nitrogens with zero attached hydrogens (tertiary/aromatic N) is 1. The zero-order chi connectivity index (χ0) is 20.4. The second kappa shape index (κ2) is 8.03. The van der Waals surface area contributed by atoms with Crippen LogP contribution in [0.1, 0.15) is 31.0 Å². The van der Waals surface area contributed by atoms with E-state index in [1.54, 1.807) is 0 Å². The van der Waals surface area contributed by atoms with Crippen molar-refractivity contribution in [3.63, 3.8) is 0 Å². The third kappa shape index (κ3) is 3.86. The van der Waals surface area contributed by atoms with Crippen molar-refractivity contribution in [1.82, 2.24) is 0 Å². The molecule has 3 aromatic carbocycles. The molecule has 3 nitrogen and oxygen atoms in total. The Hall–Kier alpha value is -3.21. The zero-order valence-corrected chi connectivity index (χ0v) is 16.2. The number of hydrogen-bond donors (Lipinski definition) is 0. The van der Waals surface area contributed by atoms with E-state index in [9.17, 15) is 8.78 Å². The Morgan fingerprint density at radius 2 is 1.48 bits per heavy atom. The molecule has 0 aromatic heterocycles. The van der Waals surface area contributed by atoms with Crippen molar-refractivity contribution in [3.05, 3.63) is 89.5 Å². The van der Waals surface area contributed by atoms with Gasteiger partial charge >= 0.3 is 0 Å². The Labute approximate surface area is 168 Å². The first-order valence-corrected chi connectivity index (χ1v) is 9.59. The van der Waals surface area contributed by atoms with Crippen molar-refractivity contribution < 1.29 is 18.3 Å². The monoisotopic (exact) mass is 393 g/mol. The van der Waals surface area contributed by atoms with Crippen LogP contribution in [0.3, 0.4) is 0 Å². The third-order valence-corrected chi connectivity index (χ3v) is 4.93. The van der Waals surface area contributed by atoms with E-state index in [2.05, 4.69) is 4.99 Å². The number of ether oxygens (including phenoxy) is 2. The predicted octanol–water partition coefficient (Wildman–Crippen LogP) is 5.94. The number of benzene rings is 3. The number of rotatable bonds is 5. The topological polar surface area (TPSA) is 30.8 Å². The molecule has 1 aliphatic rings. The Bertz CT molecular complexity index is 1010. The fraction of sp³-hybridized carbons (Fsp3) is 0.208. The molecule has 3 aromatic rings. The van der Waals surface area contributed by atoms with Gasteiger partial charge in [-0.1, -0.05) is 42.5 Å². The summed E-state index contributed by atoms with van der Waals surface area (Å²) in [5.74, 6) is -0.509. The van der Waals surface area contributed by atoms with E-state index in [1.165, 1.54) is 18.2 Å². The standard InChI is InChI=1S/C24H21F2NO2/c1-3-28-19-13-11-17(12-14-19)16-7-9-18(10-8-16)23-15(2)29-24(27-23)22-20(25)5-4-6-21(22)26/h4-15,23H,3H2,1-2H3/t15-,23-/m0/s1. The third-order valence-electron chi connectivity index (χ3n) is 4.93. The Balaban J connectivity index is 1.58. The molecule has 0 fully saturated rings. The summed E-state index contributed by atoms with van der Waals surface area (Å²) in [5.41, 5.74) is 2.85. The Kier molecular flexibility index (Phi) is 5.30. The van der Waals surface area contributed by atoms with Crippen molar-refractivity contribution in [3.8, 4) is 16.9 Å². The number of halogens is 2. The van der Waals surface area contributed by atoms with E-state index in [1.807, 2.05) is 62.4 Å². The van der Waals surface area contributed by atoms with Gasteiger partial charge in [0.25, 0.3) is 0 Å². The van der Waals surface area contributed by atoms with Crippen LogP contribution in [0.2, 0.25) is 0 Å². The second-order valence-corrected chi connectivity index (χ2v) is 6.88. The Morgan fingerprint density at radius 1 is 0.897 bits per heavy atom. The van der Waals surface area contributed by atoms with E-state index >= 15 is 0 Å². The first-order chi connectivity index (χ1) is 14.1. The summed E-state index contributed by atoms with van der Waals surface area (Å²) in [7, 11) is 0. The van der Waals surface area contributed by atoms with E-state index in [0.717, 1.165) is 22.4 Å². The lowest BCUT2D eigenvalue weighted by Crippen LogP contribution is -2.14. The van der Waals surface area contributed by atoms with Gasteiger partial charge in [0, 0.05) is 0 Å². The van der Waals surface area contributed by atoms with Gasteiger partial charge in [-0.25, -0.2) is 13.8 Å². The summed E-state index contributed by atoms with van der Waals surface area (Å²) in [4.78, 5) is 4.46. The highest BCUT2D eigenvalue weighted by Crippen LogP contribution is 2.33. The van der Waals surface area contributed by atoms with E-state index in [0.29, 0.717) is 6.61 Å². The first-order valence-electron chi connectivity index (χ1n) is 9.59. The fourth-order valence-corrected chi connectivity index (χ4v) is 3.46. The van der Waals surface area contributed by atoms with Crippen LogP contribution in [-0.4, -0.2) is 18.6 Å². The summed E-state index contributed by atoms with van der Waals surface area (Å²) < 4.78 is 39.3. The van der Waals surface area contributed by atoms with Gasteiger partial charge < -0.3 is 9.47 Å². The molecule has 0 unspecified atom stereocenters. The van der Waals surface area contributed by atoms with Gasteiger partial charge in [-0.15, -0.1) is 0 Å². The highest BCUT2D eigenvalue weighted by Gasteiger charge is 2.32. The molecule has 0 aliphatic carbocycles. The molecule has 2 atom stereocenters. The maximum atomic E-state index is 14.1. The Morgan fingerprint density at radius 3 is 2.07 bits per heavy atom. The maximum Gasteiger partial charge on any atom is 0.223 e. The summed E-state index contributed by atoms with van der Waals surface area (Å²) >= 11 is 0. The van der Waals surface area contributed by atoms with E-state index in [-0.39, 0.29) is 23.6 Å². The molecule has 0 saturated carbocycles. The molecular formula is C24H21F2NO2. The molecule has 0 amide bonds. The smallest absolute Gasteiger partial charge is 0.223 e. The molecule has 5 heteroatoms. The predicted molar refractivity (Wildman–Crippen MR) is 109 cm³/mol. The van der Waals surface area contributed by atoms with Gasteiger partial charge in [0.05, 0.1) is 6.61 Å². The molecular weight excluding hydrogens is 372 g/mol. The largest absolute Gasteiger partial charge is 0.494 e.